The third-order valence-electron chi connectivity index (χ3n) is 3.37. The Balaban J connectivity index is 3.13. The van der Waals surface area contributed by atoms with Crippen molar-refractivity contribution in [2.24, 2.45) is 11.3 Å². The molecule has 1 rings (SSSR count). The molecule has 1 aromatic carbocycles. The lowest BCUT2D eigenvalue weighted by Crippen LogP contribution is -2.38. The van der Waals surface area contributed by atoms with Gasteiger partial charge in [-0.3, -0.25) is 11.3 Å². The molecule has 0 amide bonds. The van der Waals surface area contributed by atoms with Gasteiger partial charge in [-0.05, 0) is 29.5 Å². The zero-order chi connectivity index (χ0) is 13.1. The molecule has 0 spiro atoms. The van der Waals surface area contributed by atoms with E-state index in [4.69, 9.17) is 22.2 Å². The molecule has 17 heavy (non-hydrogen) atoms. The summed E-state index contributed by atoms with van der Waals surface area (Å²) in [6.45, 7) is 6.51. The average Bonchev–Trinajstić information content (AvgIpc) is 2.31. The lowest BCUT2D eigenvalue weighted by Gasteiger charge is -2.33. The first-order valence-corrected chi connectivity index (χ1v) is 6.13. The summed E-state index contributed by atoms with van der Waals surface area (Å²) in [5.41, 5.74) is 4.03. The van der Waals surface area contributed by atoms with Gasteiger partial charge in [0.05, 0.1) is 18.2 Å². The molecule has 1 atom stereocenters. The SMILES string of the molecule is CCC(C)(C)C(NN)c1ccc(Cl)c(OC)c1. The van der Waals surface area contributed by atoms with Crippen LogP contribution in [-0.2, 0) is 0 Å². The van der Waals surface area contributed by atoms with Gasteiger partial charge in [0.25, 0.3) is 0 Å². The maximum absolute atomic E-state index is 6.02. The highest BCUT2D eigenvalue weighted by Crippen LogP contribution is 2.38. The minimum Gasteiger partial charge on any atom is -0.495 e. The summed E-state index contributed by atoms with van der Waals surface area (Å²) in [5.74, 6) is 6.35. The van der Waals surface area contributed by atoms with Crippen molar-refractivity contribution in [3.05, 3.63) is 28.8 Å². The summed E-state index contributed by atoms with van der Waals surface area (Å²) in [6, 6.07) is 5.82. The second-order valence-corrected chi connectivity index (χ2v) is 5.24. The average molecular weight is 257 g/mol. The molecule has 1 unspecified atom stereocenters. The molecule has 0 radical (unpaired) electrons. The summed E-state index contributed by atoms with van der Waals surface area (Å²) < 4.78 is 5.23. The fraction of sp³-hybridized carbons (Fsp3) is 0.538. The third kappa shape index (κ3) is 3.12. The number of methoxy groups -OCH3 is 1. The van der Waals surface area contributed by atoms with E-state index in [9.17, 15) is 0 Å². The molecule has 3 N–H and O–H groups in total. The van der Waals surface area contributed by atoms with Gasteiger partial charge in [-0.1, -0.05) is 38.4 Å². The highest BCUT2D eigenvalue weighted by molar-refractivity contribution is 6.32. The van der Waals surface area contributed by atoms with E-state index in [1.165, 1.54) is 0 Å². The van der Waals surface area contributed by atoms with Crippen LogP contribution in [0.4, 0.5) is 0 Å². The van der Waals surface area contributed by atoms with Crippen LogP contribution >= 0.6 is 11.6 Å². The number of rotatable bonds is 5. The Kier molecular flexibility index (Phi) is 4.80. The second kappa shape index (κ2) is 5.71. The Labute approximate surface area is 108 Å². The molecule has 0 aromatic heterocycles. The first kappa shape index (κ1) is 14.3. The van der Waals surface area contributed by atoms with E-state index < -0.39 is 0 Å². The smallest absolute Gasteiger partial charge is 0.137 e. The molecule has 3 nitrogen and oxygen atoms in total. The van der Waals surface area contributed by atoms with Gasteiger partial charge in [0.1, 0.15) is 5.75 Å². The number of halogens is 1. The molecular weight excluding hydrogens is 236 g/mol. The first-order valence-electron chi connectivity index (χ1n) is 5.75. The van der Waals surface area contributed by atoms with Gasteiger partial charge >= 0.3 is 0 Å². The van der Waals surface area contributed by atoms with Crippen LogP contribution in [0.5, 0.6) is 5.75 Å². The maximum atomic E-state index is 6.02. The Morgan fingerprint density at radius 2 is 2.12 bits per heavy atom. The number of hydrazine groups is 1. The number of nitrogens with two attached hydrogens (primary N) is 1. The lowest BCUT2D eigenvalue weighted by molar-refractivity contribution is 0.235. The second-order valence-electron chi connectivity index (χ2n) is 4.84. The topological polar surface area (TPSA) is 47.3 Å². The molecule has 0 saturated heterocycles. The number of hydrogen-bond acceptors (Lipinski definition) is 3. The monoisotopic (exact) mass is 256 g/mol. The van der Waals surface area contributed by atoms with Gasteiger partial charge < -0.3 is 4.74 Å². The van der Waals surface area contributed by atoms with Crippen LogP contribution in [0, 0.1) is 5.41 Å². The zero-order valence-corrected chi connectivity index (χ0v) is 11.6. The van der Waals surface area contributed by atoms with E-state index in [0.717, 1.165) is 12.0 Å². The molecule has 1 aromatic rings. The zero-order valence-electron chi connectivity index (χ0n) is 10.9. The van der Waals surface area contributed by atoms with Crippen molar-refractivity contribution in [3.8, 4) is 5.75 Å². The largest absolute Gasteiger partial charge is 0.495 e. The van der Waals surface area contributed by atoms with Crippen LogP contribution in [0.25, 0.3) is 0 Å². The van der Waals surface area contributed by atoms with Crippen LogP contribution < -0.4 is 16.0 Å². The molecule has 0 aliphatic heterocycles. The van der Waals surface area contributed by atoms with Crippen LogP contribution in [-0.4, -0.2) is 7.11 Å². The predicted molar refractivity (Wildman–Crippen MR) is 72.1 cm³/mol. The Bertz CT molecular complexity index is 380. The molecule has 0 heterocycles. The standard InChI is InChI=1S/C13H21ClN2O/c1-5-13(2,3)12(16-15)9-6-7-10(14)11(8-9)17-4/h6-8,12,16H,5,15H2,1-4H3. The van der Waals surface area contributed by atoms with E-state index in [2.05, 4.69) is 26.2 Å². The van der Waals surface area contributed by atoms with E-state index in [1.54, 1.807) is 7.11 Å². The Hall–Kier alpha value is -0.770. The van der Waals surface area contributed by atoms with E-state index in [0.29, 0.717) is 10.8 Å². The van der Waals surface area contributed by atoms with Gasteiger partial charge in [-0.25, -0.2) is 0 Å². The Morgan fingerprint density at radius 3 is 2.59 bits per heavy atom. The molecule has 4 heteroatoms. The Morgan fingerprint density at radius 1 is 1.47 bits per heavy atom. The normalized spacial score (nSPS) is 13.5. The van der Waals surface area contributed by atoms with E-state index in [1.807, 2.05) is 18.2 Å². The summed E-state index contributed by atoms with van der Waals surface area (Å²) in [4.78, 5) is 0. The lowest BCUT2D eigenvalue weighted by atomic mass is 9.78. The van der Waals surface area contributed by atoms with Crippen molar-refractivity contribution in [2.45, 2.75) is 33.2 Å². The highest BCUT2D eigenvalue weighted by atomic mass is 35.5. The number of hydrogen-bond donors (Lipinski definition) is 2. The van der Waals surface area contributed by atoms with E-state index >= 15 is 0 Å². The molecule has 0 aliphatic carbocycles. The molecule has 0 bridgehead atoms. The quantitative estimate of drug-likeness (QED) is 0.628. The van der Waals surface area contributed by atoms with Gasteiger partial charge in [0.15, 0.2) is 0 Å². The van der Waals surface area contributed by atoms with Crippen molar-refractivity contribution < 1.29 is 4.74 Å². The minimum atomic E-state index is 0.0631. The molecule has 0 aliphatic rings. The fourth-order valence-corrected chi connectivity index (χ4v) is 2.03. The van der Waals surface area contributed by atoms with Crippen molar-refractivity contribution in [1.82, 2.24) is 5.43 Å². The fourth-order valence-electron chi connectivity index (χ4n) is 1.83. The van der Waals surface area contributed by atoms with Gasteiger partial charge in [-0.15, -0.1) is 0 Å². The molecular formula is C13H21ClN2O. The van der Waals surface area contributed by atoms with Crippen molar-refractivity contribution in [3.63, 3.8) is 0 Å². The van der Waals surface area contributed by atoms with Crippen LogP contribution in [0.3, 0.4) is 0 Å². The molecule has 96 valence electrons. The van der Waals surface area contributed by atoms with Gasteiger partial charge in [-0.2, -0.15) is 0 Å². The summed E-state index contributed by atoms with van der Waals surface area (Å²) >= 11 is 6.02. The first-order chi connectivity index (χ1) is 7.96. The maximum Gasteiger partial charge on any atom is 0.137 e. The van der Waals surface area contributed by atoms with E-state index in [-0.39, 0.29) is 11.5 Å². The van der Waals surface area contributed by atoms with Crippen LogP contribution in [0.2, 0.25) is 5.02 Å². The number of ether oxygens (including phenoxy) is 1. The van der Waals surface area contributed by atoms with Gasteiger partial charge in [0.2, 0.25) is 0 Å². The highest BCUT2D eigenvalue weighted by Gasteiger charge is 2.28. The third-order valence-corrected chi connectivity index (χ3v) is 3.68. The number of benzene rings is 1. The summed E-state index contributed by atoms with van der Waals surface area (Å²) in [5, 5.41) is 0.612. The molecule has 0 fully saturated rings. The summed E-state index contributed by atoms with van der Waals surface area (Å²) in [6.07, 6.45) is 1.02. The van der Waals surface area contributed by atoms with Gasteiger partial charge in [0, 0.05) is 0 Å². The predicted octanol–water partition coefficient (Wildman–Crippen LogP) is 3.29. The van der Waals surface area contributed by atoms with Crippen LogP contribution in [0.15, 0.2) is 18.2 Å². The van der Waals surface area contributed by atoms with Crippen molar-refractivity contribution in [1.29, 1.82) is 0 Å². The summed E-state index contributed by atoms with van der Waals surface area (Å²) in [7, 11) is 1.61. The van der Waals surface area contributed by atoms with Crippen molar-refractivity contribution in [2.75, 3.05) is 7.11 Å². The minimum absolute atomic E-state index is 0.0631. The van der Waals surface area contributed by atoms with Crippen LogP contribution in [0.1, 0.15) is 38.8 Å². The van der Waals surface area contributed by atoms with Crippen molar-refractivity contribution >= 4 is 11.6 Å². The molecule has 0 saturated carbocycles. The number of nitrogens with one attached hydrogen (secondary N) is 1.